The zero-order valence-corrected chi connectivity index (χ0v) is 14.3. The third kappa shape index (κ3) is 4.90. The molecule has 1 N–H and O–H groups in total. The fourth-order valence-corrected chi connectivity index (χ4v) is 2.65. The Kier molecular flexibility index (Phi) is 6.67. The first-order valence-corrected chi connectivity index (χ1v) is 8.05. The van der Waals surface area contributed by atoms with E-state index < -0.39 is 0 Å². The van der Waals surface area contributed by atoms with E-state index in [0.29, 0.717) is 16.5 Å². The fraction of sp³-hybridized carbons (Fsp3) is 0.462. The second kappa shape index (κ2) is 7.51. The molecule has 1 atom stereocenters. The SMILES string of the molecule is CC(C)CC(CBr)NC(=O)c1cc(Br)ccc1Cl. The van der Waals surface area contributed by atoms with Crippen molar-refractivity contribution in [2.75, 3.05) is 5.33 Å². The van der Waals surface area contributed by atoms with Gasteiger partial charge in [0.2, 0.25) is 0 Å². The molecule has 100 valence electrons. The molecule has 18 heavy (non-hydrogen) atoms. The largest absolute Gasteiger partial charge is 0.348 e. The van der Waals surface area contributed by atoms with Gasteiger partial charge in [-0.3, -0.25) is 4.79 Å². The van der Waals surface area contributed by atoms with Crippen LogP contribution < -0.4 is 5.32 Å². The van der Waals surface area contributed by atoms with Gasteiger partial charge in [-0.1, -0.05) is 57.3 Å². The van der Waals surface area contributed by atoms with Crippen LogP contribution >= 0.6 is 43.5 Å². The zero-order chi connectivity index (χ0) is 13.7. The third-order valence-electron chi connectivity index (χ3n) is 2.45. The van der Waals surface area contributed by atoms with Gasteiger partial charge >= 0.3 is 0 Å². The number of hydrogen-bond acceptors (Lipinski definition) is 1. The molecule has 1 aromatic rings. The van der Waals surface area contributed by atoms with Crippen LogP contribution in [0.2, 0.25) is 5.02 Å². The number of hydrogen-bond donors (Lipinski definition) is 1. The Hall–Kier alpha value is -0.0600. The topological polar surface area (TPSA) is 29.1 Å². The van der Waals surface area contributed by atoms with Crippen molar-refractivity contribution in [3.63, 3.8) is 0 Å². The Morgan fingerprint density at radius 2 is 2.11 bits per heavy atom. The highest BCUT2D eigenvalue weighted by molar-refractivity contribution is 9.10. The van der Waals surface area contributed by atoms with Crippen LogP contribution in [0.3, 0.4) is 0 Å². The lowest BCUT2D eigenvalue weighted by molar-refractivity contribution is 0.0937. The molecule has 0 spiro atoms. The van der Waals surface area contributed by atoms with Gasteiger partial charge in [-0.2, -0.15) is 0 Å². The molecule has 5 heteroatoms. The molecule has 0 aliphatic heterocycles. The molecule has 0 aliphatic carbocycles. The van der Waals surface area contributed by atoms with Crippen molar-refractivity contribution in [2.45, 2.75) is 26.3 Å². The van der Waals surface area contributed by atoms with Gasteiger partial charge < -0.3 is 5.32 Å². The standard InChI is InChI=1S/C13H16Br2ClNO/c1-8(2)5-10(7-14)17-13(18)11-6-9(15)3-4-12(11)16/h3-4,6,8,10H,5,7H2,1-2H3,(H,17,18). The van der Waals surface area contributed by atoms with Gasteiger partial charge in [0.05, 0.1) is 10.6 Å². The zero-order valence-electron chi connectivity index (χ0n) is 10.3. The molecule has 0 heterocycles. The smallest absolute Gasteiger partial charge is 0.253 e. The lowest BCUT2D eigenvalue weighted by atomic mass is 10.0. The average molecular weight is 398 g/mol. The second-order valence-electron chi connectivity index (χ2n) is 4.58. The van der Waals surface area contributed by atoms with Gasteiger partial charge in [-0.15, -0.1) is 0 Å². The van der Waals surface area contributed by atoms with Gasteiger partial charge in [-0.25, -0.2) is 0 Å². The van der Waals surface area contributed by atoms with Crippen molar-refractivity contribution < 1.29 is 4.79 Å². The average Bonchev–Trinajstić information content (AvgIpc) is 2.30. The van der Waals surface area contributed by atoms with Crippen LogP contribution in [0.5, 0.6) is 0 Å². The van der Waals surface area contributed by atoms with Gasteiger partial charge in [0.15, 0.2) is 0 Å². The summed E-state index contributed by atoms with van der Waals surface area (Å²) in [6, 6.07) is 5.38. The lowest BCUT2D eigenvalue weighted by Crippen LogP contribution is -2.37. The molecule has 1 amide bonds. The summed E-state index contributed by atoms with van der Waals surface area (Å²) in [5.74, 6) is 0.400. The van der Waals surface area contributed by atoms with E-state index >= 15 is 0 Å². The molecule has 1 aromatic carbocycles. The highest BCUT2D eigenvalue weighted by atomic mass is 79.9. The summed E-state index contributed by atoms with van der Waals surface area (Å²) in [5.41, 5.74) is 0.501. The molecule has 0 fully saturated rings. The van der Waals surface area contributed by atoms with Crippen molar-refractivity contribution in [1.82, 2.24) is 5.32 Å². The summed E-state index contributed by atoms with van der Waals surface area (Å²) in [5, 5.41) is 4.20. The van der Waals surface area contributed by atoms with E-state index in [1.807, 2.05) is 6.07 Å². The van der Waals surface area contributed by atoms with Crippen LogP contribution in [-0.4, -0.2) is 17.3 Å². The molecular formula is C13H16Br2ClNO. The van der Waals surface area contributed by atoms with Crippen molar-refractivity contribution in [3.8, 4) is 0 Å². The fourth-order valence-electron chi connectivity index (χ4n) is 1.66. The van der Waals surface area contributed by atoms with Gasteiger partial charge in [0, 0.05) is 15.8 Å². The van der Waals surface area contributed by atoms with E-state index in [0.717, 1.165) is 16.2 Å². The van der Waals surface area contributed by atoms with Crippen LogP contribution in [0.15, 0.2) is 22.7 Å². The third-order valence-corrected chi connectivity index (χ3v) is 4.05. The summed E-state index contributed by atoms with van der Waals surface area (Å²) in [4.78, 5) is 12.1. The molecule has 0 radical (unpaired) electrons. The first-order chi connectivity index (χ1) is 8.43. The van der Waals surface area contributed by atoms with E-state index in [-0.39, 0.29) is 11.9 Å². The van der Waals surface area contributed by atoms with Crippen molar-refractivity contribution in [1.29, 1.82) is 0 Å². The van der Waals surface area contributed by atoms with E-state index in [4.69, 9.17) is 11.6 Å². The van der Waals surface area contributed by atoms with Crippen molar-refractivity contribution in [2.24, 2.45) is 5.92 Å². The highest BCUT2D eigenvalue weighted by Gasteiger charge is 2.16. The van der Waals surface area contributed by atoms with Crippen LogP contribution in [0.25, 0.3) is 0 Å². The van der Waals surface area contributed by atoms with Gasteiger partial charge in [-0.05, 0) is 30.5 Å². The van der Waals surface area contributed by atoms with E-state index in [1.165, 1.54) is 0 Å². The molecule has 0 saturated carbocycles. The Morgan fingerprint density at radius 3 is 2.67 bits per heavy atom. The maximum absolute atomic E-state index is 12.1. The summed E-state index contributed by atoms with van der Waals surface area (Å²) in [6.45, 7) is 4.27. The summed E-state index contributed by atoms with van der Waals surface area (Å²) < 4.78 is 0.844. The van der Waals surface area contributed by atoms with Crippen LogP contribution in [0, 0.1) is 5.92 Å². The van der Waals surface area contributed by atoms with Crippen molar-refractivity contribution >= 4 is 49.4 Å². The predicted octanol–water partition coefficient (Wildman–Crippen LogP) is 4.64. The van der Waals surface area contributed by atoms with Crippen molar-refractivity contribution in [3.05, 3.63) is 33.3 Å². The number of alkyl halides is 1. The highest BCUT2D eigenvalue weighted by Crippen LogP contribution is 2.21. The first kappa shape index (κ1) is 16.0. The quantitative estimate of drug-likeness (QED) is 0.721. The van der Waals surface area contributed by atoms with Gasteiger partial charge in [0.25, 0.3) is 5.91 Å². The minimum Gasteiger partial charge on any atom is -0.348 e. The van der Waals surface area contributed by atoms with E-state index in [1.54, 1.807) is 12.1 Å². The van der Waals surface area contributed by atoms with E-state index in [9.17, 15) is 4.79 Å². The monoisotopic (exact) mass is 395 g/mol. The van der Waals surface area contributed by atoms with Crippen LogP contribution in [0.1, 0.15) is 30.6 Å². The number of benzene rings is 1. The molecule has 2 nitrogen and oxygen atoms in total. The first-order valence-electron chi connectivity index (χ1n) is 5.76. The number of amides is 1. The molecular weight excluding hydrogens is 381 g/mol. The molecule has 1 unspecified atom stereocenters. The number of nitrogens with one attached hydrogen (secondary N) is 1. The predicted molar refractivity (Wildman–Crippen MR) is 83.7 cm³/mol. The molecule has 0 aromatic heterocycles. The van der Waals surface area contributed by atoms with Crippen LogP contribution in [0.4, 0.5) is 0 Å². The minimum atomic E-state index is -0.133. The molecule has 0 saturated heterocycles. The Morgan fingerprint density at radius 1 is 1.44 bits per heavy atom. The summed E-state index contributed by atoms with van der Waals surface area (Å²) in [6.07, 6.45) is 0.933. The Balaban J connectivity index is 2.77. The summed E-state index contributed by atoms with van der Waals surface area (Å²) in [7, 11) is 0. The molecule has 0 bridgehead atoms. The Bertz CT molecular complexity index is 423. The molecule has 0 aliphatic rings. The van der Waals surface area contributed by atoms with E-state index in [2.05, 4.69) is 51.0 Å². The maximum Gasteiger partial charge on any atom is 0.253 e. The van der Waals surface area contributed by atoms with Gasteiger partial charge in [0.1, 0.15) is 0 Å². The number of carbonyl (C=O) groups is 1. The maximum atomic E-state index is 12.1. The second-order valence-corrected chi connectivity index (χ2v) is 6.55. The number of halogens is 3. The lowest BCUT2D eigenvalue weighted by Gasteiger charge is -2.18. The normalized spacial score (nSPS) is 12.6. The Labute approximate surface area is 130 Å². The van der Waals surface area contributed by atoms with Crippen LogP contribution in [-0.2, 0) is 0 Å². The number of rotatable bonds is 5. The molecule has 1 rings (SSSR count). The number of carbonyl (C=O) groups excluding carboxylic acids is 1. The summed E-state index contributed by atoms with van der Waals surface area (Å²) >= 11 is 12.8. The minimum absolute atomic E-state index is 0.118.